The molecule has 0 atom stereocenters. The van der Waals surface area contributed by atoms with Crippen LogP contribution in [0.2, 0.25) is 0 Å². The minimum absolute atomic E-state index is 0.0750. The van der Waals surface area contributed by atoms with Gasteiger partial charge in [-0.05, 0) is 12.5 Å². The lowest BCUT2D eigenvalue weighted by molar-refractivity contribution is -0.128. The van der Waals surface area contributed by atoms with E-state index in [-0.39, 0.29) is 12.5 Å². The maximum Gasteiger partial charge on any atom is 0.222 e. The van der Waals surface area contributed by atoms with Gasteiger partial charge in [0, 0.05) is 26.1 Å². The fourth-order valence-corrected chi connectivity index (χ4v) is 1.63. The largest absolute Gasteiger partial charge is 0.493 e. The first kappa shape index (κ1) is 15.3. The SMILES string of the molecule is COc1cccc(CO)c1OCCCC(=O)N(C)C. The van der Waals surface area contributed by atoms with Gasteiger partial charge in [0.15, 0.2) is 11.5 Å². The van der Waals surface area contributed by atoms with Crippen LogP contribution in [0.4, 0.5) is 0 Å². The van der Waals surface area contributed by atoms with Gasteiger partial charge in [-0.1, -0.05) is 12.1 Å². The number of aliphatic hydroxyl groups is 1. The monoisotopic (exact) mass is 267 g/mol. The minimum atomic E-state index is -0.108. The molecule has 0 spiro atoms. The van der Waals surface area contributed by atoms with Crippen LogP contribution in [0.25, 0.3) is 0 Å². The van der Waals surface area contributed by atoms with Gasteiger partial charge >= 0.3 is 0 Å². The van der Waals surface area contributed by atoms with Crippen molar-refractivity contribution in [2.45, 2.75) is 19.4 Å². The standard InChI is InChI=1S/C14H21NO4/c1-15(2)13(17)8-5-9-19-14-11(10-16)6-4-7-12(14)18-3/h4,6-7,16H,5,8-10H2,1-3H3. The summed E-state index contributed by atoms with van der Waals surface area (Å²) in [6.07, 6.45) is 1.07. The van der Waals surface area contributed by atoms with Gasteiger partial charge in [0.1, 0.15) is 0 Å². The van der Waals surface area contributed by atoms with Crippen molar-refractivity contribution < 1.29 is 19.4 Å². The molecule has 0 fully saturated rings. The van der Waals surface area contributed by atoms with E-state index in [4.69, 9.17) is 9.47 Å². The zero-order chi connectivity index (χ0) is 14.3. The number of hydrogen-bond acceptors (Lipinski definition) is 4. The van der Waals surface area contributed by atoms with E-state index >= 15 is 0 Å². The predicted octanol–water partition coefficient (Wildman–Crippen LogP) is 1.43. The van der Waals surface area contributed by atoms with Gasteiger partial charge in [-0.2, -0.15) is 0 Å². The Morgan fingerprint density at radius 2 is 2.11 bits per heavy atom. The second kappa shape index (κ2) is 7.63. The number of rotatable bonds is 7. The van der Waals surface area contributed by atoms with E-state index in [1.165, 1.54) is 0 Å². The Morgan fingerprint density at radius 3 is 2.68 bits per heavy atom. The summed E-state index contributed by atoms with van der Waals surface area (Å²) in [6.45, 7) is 0.302. The molecule has 1 aromatic rings. The molecule has 1 rings (SSSR count). The Morgan fingerprint density at radius 1 is 1.37 bits per heavy atom. The molecule has 1 amide bonds. The highest BCUT2D eigenvalue weighted by Gasteiger charge is 2.10. The number of benzene rings is 1. The topological polar surface area (TPSA) is 59.0 Å². The summed E-state index contributed by atoms with van der Waals surface area (Å²) < 4.78 is 10.8. The van der Waals surface area contributed by atoms with Gasteiger partial charge in [-0.3, -0.25) is 4.79 Å². The Kier molecular flexibility index (Phi) is 6.15. The third-order valence-corrected chi connectivity index (χ3v) is 2.73. The highest BCUT2D eigenvalue weighted by atomic mass is 16.5. The molecule has 19 heavy (non-hydrogen) atoms. The van der Waals surface area contributed by atoms with Crippen LogP contribution in [0.3, 0.4) is 0 Å². The second-order valence-electron chi connectivity index (χ2n) is 4.35. The van der Waals surface area contributed by atoms with Crippen LogP contribution in [0.1, 0.15) is 18.4 Å². The number of methoxy groups -OCH3 is 1. The zero-order valence-electron chi connectivity index (χ0n) is 11.7. The van der Waals surface area contributed by atoms with Gasteiger partial charge in [-0.25, -0.2) is 0 Å². The van der Waals surface area contributed by atoms with Crippen molar-refractivity contribution in [1.29, 1.82) is 0 Å². The molecule has 5 nitrogen and oxygen atoms in total. The number of aliphatic hydroxyl groups excluding tert-OH is 1. The highest BCUT2D eigenvalue weighted by Crippen LogP contribution is 2.31. The van der Waals surface area contributed by atoms with Crippen LogP contribution in [0.15, 0.2) is 18.2 Å². The summed E-state index contributed by atoms with van der Waals surface area (Å²) in [6, 6.07) is 5.36. The van der Waals surface area contributed by atoms with Crippen LogP contribution in [0, 0.1) is 0 Å². The maximum absolute atomic E-state index is 11.4. The van der Waals surface area contributed by atoms with Crippen LogP contribution in [0.5, 0.6) is 11.5 Å². The lowest BCUT2D eigenvalue weighted by Gasteiger charge is -2.14. The van der Waals surface area contributed by atoms with E-state index in [9.17, 15) is 9.90 Å². The smallest absolute Gasteiger partial charge is 0.222 e. The lowest BCUT2D eigenvalue weighted by atomic mass is 10.2. The van der Waals surface area contributed by atoms with Crippen molar-refractivity contribution in [2.24, 2.45) is 0 Å². The molecule has 0 radical (unpaired) electrons. The third-order valence-electron chi connectivity index (χ3n) is 2.73. The summed E-state index contributed by atoms with van der Waals surface area (Å²) >= 11 is 0. The van der Waals surface area contributed by atoms with E-state index in [0.29, 0.717) is 36.5 Å². The number of carbonyl (C=O) groups is 1. The van der Waals surface area contributed by atoms with E-state index in [0.717, 1.165) is 0 Å². The molecule has 0 aromatic heterocycles. The van der Waals surface area contributed by atoms with Crippen molar-refractivity contribution in [3.63, 3.8) is 0 Å². The molecule has 1 aromatic carbocycles. The van der Waals surface area contributed by atoms with E-state index in [1.54, 1.807) is 44.3 Å². The van der Waals surface area contributed by atoms with Gasteiger partial charge in [-0.15, -0.1) is 0 Å². The van der Waals surface area contributed by atoms with Crippen LogP contribution in [-0.4, -0.2) is 43.7 Å². The minimum Gasteiger partial charge on any atom is -0.493 e. The van der Waals surface area contributed by atoms with E-state index in [1.807, 2.05) is 0 Å². The molecule has 0 saturated heterocycles. The Bertz CT molecular complexity index is 396. The number of hydrogen-bond donors (Lipinski definition) is 1. The Hall–Kier alpha value is -1.75. The number of amides is 1. The summed E-state index contributed by atoms with van der Waals surface area (Å²) in [5.41, 5.74) is 0.679. The Labute approximate surface area is 113 Å². The summed E-state index contributed by atoms with van der Waals surface area (Å²) in [5.74, 6) is 1.21. The molecule has 0 unspecified atom stereocenters. The fraction of sp³-hybridized carbons (Fsp3) is 0.500. The Balaban J connectivity index is 2.55. The first-order valence-electron chi connectivity index (χ1n) is 6.19. The van der Waals surface area contributed by atoms with Gasteiger partial charge < -0.3 is 19.5 Å². The van der Waals surface area contributed by atoms with Crippen LogP contribution < -0.4 is 9.47 Å². The molecule has 0 aliphatic heterocycles. The summed E-state index contributed by atoms with van der Waals surface area (Å²) in [4.78, 5) is 13.0. The number of ether oxygens (including phenoxy) is 2. The lowest BCUT2D eigenvalue weighted by Crippen LogP contribution is -2.21. The molecule has 5 heteroatoms. The summed E-state index contributed by atoms with van der Waals surface area (Å²) in [5, 5.41) is 9.26. The van der Waals surface area contributed by atoms with Crippen molar-refractivity contribution in [1.82, 2.24) is 4.90 Å². The zero-order valence-corrected chi connectivity index (χ0v) is 11.7. The molecule has 0 aliphatic carbocycles. The average Bonchev–Trinajstić information content (AvgIpc) is 2.42. The molecule has 1 N–H and O–H groups in total. The average molecular weight is 267 g/mol. The normalized spacial score (nSPS) is 10.1. The predicted molar refractivity (Wildman–Crippen MR) is 72.3 cm³/mol. The fourth-order valence-electron chi connectivity index (χ4n) is 1.63. The van der Waals surface area contributed by atoms with Gasteiger partial charge in [0.2, 0.25) is 5.91 Å². The van der Waals surface area contributed by atoms with Crippen molar-refractivity contribution in [3.05, 3.63) is 23.8 Å². The highest BCUT2D eigenvalue weighted by molar-refractivity contribution is 5.75. The first-order valence-corrected chi connectivity index (χ1v) is 6.19. The molecular formula is C14H21NO4. The quantitative estimate of drug-likeness (QED) is 0.759. The maximum atomic E-state index is 11.4. The number of carbonyl (C=O) groups excluding carboxylic acids is 1. The molecule has 0 heterocycles. The van der Waals surface area contributed by atoms with E-state index < -0.39 is 0 Å². The van der Waals surface area contributed by atoms with Gasteiger partial charge in [0.25, 0.3) is 0 Å². The second-order valence-corrected chi connectivity index (χ2v) is 4.35. The molecule has 0 bridgehead atoms. The van der Waals surface area contributed by atoms with Crippen molar-refractivity contribution in [2.75, 3.05) is 27.8 Å². The van der Waals surface area contributed by atoms with Crippen molar-refractivity contribution in [3.8, 4) is 11.5 Å². The number of nitrogens with zero attached hydrogens (tertiary/aromatic N) is 1. The first-order chi connectivity index (χ1) is 9.10. The summed E-state index contributed by atoms with van der Waals surface area (Å²) in [7, 11) is 5.01. The molecule has 0 saturated carbocycles. The molecule has 106 valence electrons. The molecule has 0 aliphatic rings. The van der Waals surface area contributed by atoms with E-state index in [2.05, 4.69) is 0 Å². The molecular weight excluding hydrogens is 246 g/mol. The third kappa shape index (κ3) is 4.44. The van der Waals surface area contributed by atoms with Gasteiger partial charge in [0.05, 0.1) is 20.3 Å². The van der Waals surface area contributed by atoms with Crippen LogP contribution in [-0.2, 0) is 11.4 Å². The number of para-hydroxylation sites is 1. The van der Waals surface area contributed by atoms with Crippen LogP contribution >= 0.6 is 0 Å². The van der Waals surface area contributed by atoms with Crippen molar-refractivity contribution >= 4 is 5.91 Å².